The molecule has 1 aliphatic heterocycles. The standard InChI is InChI=1S/C12H20N4O4S/c1-2-13-7-9-3-5-16(6-4-9)21(19,20)10-8-14-12(18)15-11(10)17/h8-9,13H,2-7H2,1H3,(H2,14,15,17,18). The zero-order chi connectivity index (χ0) is 15.5. The summed E-state index contributed by atoms with van der Waals surface area (Å²) in [7, 11) is -3.85. The lowest BCUT2D eigenvalue weighted by Crippen LogP contribution is -2.42. The maximum Gasteiger partial charge on any atom is 0.325 e. The Morgan fingerprint density at radius 2 is 2.00 bits per heavy atom. The van der Waals surface area contributed by atoms with Crippen LogP contribution in [0.5, 0.6) is 0 Å². The zero-order valence-electron chi connectivity index (χ0n) is 11.9. The first-order valence-corrected chi connectivity index (χ1v) is 8.42. The Labute approximate surface area is 122 Å². The van der Waals surface area contributed by atoms with Crippen molar-refractivity contribution in [2.24, 2.45) is 5.92 Å². The zero-order valence-corrected chi connectivity index (χ0v) is 12.7. The van der Waals surface area contributed by atoms with Gasteiger partial charge in [0.25, 0.3) is 5.56 Å². The van der Waals surface area contributed by atoms with Gasteiger partial charge in [-0.1, -0.05) is 6.92 Å². The van der Waals surface area contributed by atoms with Crippen molar-refractivity contribution < 1.29 is 8.42 Å². The molecule has 9 heteroatoms. The van der Waals surface area contributed by atoms with Gasteiger partial charge < -0.3 is 10.3 Å². The van der Waals surface area contributed by atoms with Crippen LogP contribution < -0.4 is 16.6 Å². The number of sulfonamides is 1. The lowest BCUT2D eigenvalue weighted by Gasteiger charge is -2.30. The van der Waals surface area contributed by atoms with Gasteiger partial charge in [0.1, 0.15) is 0 Å². The highest BCUT2D eigenvalue weighted by molar-refractivity contribution is 7.89. The lowest BCUT2D eigenvalue weighted by molar-refractivity contribution is 0.268. The van der Waals surface area contributed by atoms with Crippen molar-refractivity contribution in [3.8, 4) is 0 Å². The molecule has 0 spiro atoms. The normalized spacial score (nSPS) is 18.0. The van der Waals surface area contributed by atoms with E-state index in [9.17, 15) is 18.0 Å². The second kappa shape index (κ2) is 6.54. The molecular weight excluding hydrogens is 296 g/mol. The Hall–Kier alpha value is -1.45. The Morgan fingerprint density at radius 1 is 1.33 bits per heavy atom. The van der Waals surface area contributed by atoms with Gasteiger partial charge in [0.2, 0.25) is 10.0 Å². The molecule has 1 fully saturated rings. The summed E-state index contributed by atoms with van der Waals surface area (Å²) in [6.45, 7) is 4.57. The monoisotopic (exact) mass is 316 g/mol. The van der Waals surface area contributed by atoms with Gasteiger partial charge in [-0.15, -0.1) is 0 Å². The van der Waals surface area contributed by atoms with Crippen LogP contribution in [0.15, 0.2) is 20.7 Å². The predicted molar refractivity (Wildman–Crippen MR) is 77.7 cm³/mol. The molecule has 0 saturated carbocycles. The number of nitrogens with one attached hydrogen (secondary N) is 3. The van der Waals surface area contributed by atoms with E-state index in [1.54, 1.807) is 0 Å². The highest BCUT2D eigenvalue weighted by Crippen LogP contribution is 2.21. The molecule has 1 aromatic heterocycles. The van der Waals surface area contributed by atoms with Crippen molar-refractivity contribution in [3.63, 3.8) is 0 Å². The van der Waals surface area contributed by atoms with Gasteiger partial charge in [-0.3, -0.25) is 9.78 Å². The van der Waals surface area contributed by atoms with Crippen LogP contribution in [-0.2, 0) is 10.0 Å². The topological polar surface area (TPSA) is 115 Å². The van der Waals surface area contributed by atoms with Gasteiger partial charge in [0, 0.05) is 19.3 Å². The average Bonchev–Trinajstić information content (AvgIpc) is 2.45. The Balaban J connectivity index is 2.11. The van der Waals surface area contributed by atoms with Crippen molar-refractivity contribution >= 4 is 10.0 Å². The molecular formula is C12H20N4O4S. The fourth-order valence-electron chi connectivity index (χ4n) is 2.43. The largest absolute Gasteiger partial charge is 0.325 e. The summed E-state index contributed by atoms with van der Waals surface area (Å²) < 4.78 is 26.1. The summed E-state index contributed by atoms with van der Waals surface area (Å²) >= 11 is 0. The quantitative estimate of drug-likeness (QED) is 0.649. The molecule has 0 aromatic carbocycles. The molecule has 0 atom stereocenters. The van der Waals surface area contributed by atoms with E-state index in [-0.39, 0.29) is 0 Å². The third-order valence-electron chi connectivity index (χ3n) is 3.66. The molecule has 0 aliphatic carbocycles. The number of hydrogen-bond donors (Lipinski definition) is 3. The van der Waals surface area contributed by atoms with E-state index in [2.05, 4.69) is 10.3 Å². The molecule has 21 heavy (non-hydrogen) atoms. The molecule has 0 radical (unpaired) electrons. The van der Waals surface area contributed by atoms with Crippen LogP contribution >= 0.6 is 0 Å². The number of nitrogens with zero attached hydrogens (tertiary/aromatic N) is 1. The first-order valence-electron chi connectivity index (χ1n) is 6.98. The second-order valence-corrected chi connectivity index (χ2v) is 7.00. The minimum atomic E-state index is -3.85. The number of H-pyrrole nitrogens is 2. The van der Waals surface area contributed by atoms with E-state index in [0.717, 1.165) is 32.1 Å². The highest BCUT2D eigenvalue weighted by Gasteiger charge is 2.31. The van der Waals surface area contributed by atoms with E-state index in [1.807, 2.05) is 11.9 Å². The third-order valence-corrected chi connectivity index (χ3v) is 5.56. The molecule has 2 heterocycles. The van der Waals surface area contributed by atoms with Gasteiger partial charge in [0.15, 0.2) is 4.90 Å². The van der Waals surface area contributed by atoms with E-state index in [1.165, 1.54) is 4.31 Å². The summed E-state index contributed by atoms with van der Waals surface area (Å²) in [5, 5.41) is 3.26. The number of hydrogen-bond acceptors (Lipinski definition) is 5. The molecule has 118 valence electrons. The Bertz CT molecular complexity index is 686. The number of aromatic nitrogens is 2. The van der Waals surface area contributed by atoms with Gasteiger partial charge in [-0.05, 0) is 31.8 Å². The average molecular weight is 316 g/mol. The van der Waals surface area contributed by atoms with Crippen molar-refractivity contribution in [1.29, 1.82) is 0 Å². The summed E-state index contributed by atoms with van der Waals surface area (Å²) in [5.41, 5.74) is -1.60. The molecule has 3 N–H and O–H groups in total. The van der Waals surface area contributed by atoms with Crippen LogP contribution in [0.3, 0.4) is 0 Å². The molecule has 1 aliphatic rings. The minimum Gasteiger partial charge on any atom is -0.317 e. The minimum absolute atomic E-state index is 0.386. The van der Waals surface area contributed by atoms with Crippen LogP contribution in [0.1, 0.15) is 19.8 Å². The SMILES string of the molecule is CCNCC1CCN(S(=O)(=O)c2c[nH]c(=O)[nH]c2=O)CC1. The first-order chi connectivity index (χ1) is 9.95. The molecule has 1 aromatic rings. The third kappa shape index (κ3) is 3.60. The highest BCUT2D eigenvalue weighted by atomic mass is 32.2. The van der Waals surface area contributed by atoms with Crippen molar-refractivity contribution in [2.75, 3.05) is 26.2 Å². The smallest absolute Gasteiger partial charge is 0.317 e. The maximum atomic E-state index is 12.4. The molecule has 2 rings (SSSR count). The van der Waals surface area contributed by atoms with Gasteiger partial charge in [-0.25, -0.2) is 13.2 Å². The van der Waals surface area contributed by atoms with E-state index < -0.39 is 26.2 Å². The van der Waals surface area contributed by atoms with E-state index in [0.29, 0.717) is 19.0 Å². The predicted octanol–water partition coefficient (Wildman–Crippen LogP) is -0.927. The molecule has 8 nitrogen and oxygen atoms in total. The van der Waals surface area contributed by atoms with Crippen molar-refractivity contribution in [3.05, 3.63) is 27.0 Å². The van der Waals surface area contributed by atoms with Crippen LogP contribution in [-0.4, -0.2) is 48.9 Å². The van der Waals surface area contributed by atoms with Crippen molar-refractivity contribution in [2.45, 2.75) is 24.7 Å². The van der Waals surface area contributed by atoms with Gasteiger partial charge in [-0.2, -0.15) is 4.31 Å². The lowest BCUT2D eigenvalue weighted by atomic mass is 9.98. The summed E-state index contributed by atoms with van der Waals surface area (Å²) in [6.07, 6.45) is 2.47. The van der Waals surface area contributed by atoms with Crippen LogP contribution in [0.4, 0.5) is 0 Å². The van der Waals surface area contributed by atoms with E-state index >= 15 is 0 Å². The molecule has 0 unspecified atom stereocenters. The first kappa shape index (κ1) is 15.9. The Kier molecular flexibility index (Phi) is 4.96. The second-order valence-electron chi connectivity index (χ2n) is 5.09. The number of rotatable bonds is 5. The summed E-state index contributed by atoms with van der Waals surface area (Å²) in [5.74, 6) is 0.449. The number of piperidine rings is 1. The van der Waals surface area contributed by atoms with Crippen molar-refractivity contribution in [1.82, 2.24) is 19.6 Å². The van der Waals surface area contributed by atoms with Crippen LogP contribution in [0.25, 0.3) is 0 Å². The number of aromatic amines is 2. The fraction of sp³-hybridized carbons (Fsp3) is 0.667. The summed E-state index contributed by atoms with van der Waals surface area (Å²) in [4.78, 5) is 26.3. The molecule has 0 bridgehead atoms. The van der Waals surface area contributed by atoms with Gasteiger partial charge in [0.05, 0.1) is 0 Å². The summed E-state index contributed by atoms with van der Waals surface area (Å²) in [6, 6.07) is 0. The molecule has 1 saturated heterocycles. The fourth-order valence-corrected chi connectivity index (χ4v) is 3.89. The maximum absolute atomic E-state index is 12.4. The molecule has 0 amide bonds. The van der Waals surface area contributed by atoms with E-state index in [4.69, 9.17) is 0 Å². The Morgan fingerprint density at radius 3 is 2.57 bits per heavy atom. The van der Waals surface area contributed by atoms with Gasteiger partial charge >= 0.3 is 5.69 Å². The van der Waals surface area contributed by atoms with Crippen LogP contribution in [0.2, 0.25) is 0 Å². The van der Waals surface area contributed by atoms with Crippen LogP contribution in [0, 0.1) is 5.92 Å².